The van der Waals surface area contributed by atoms with Crippen LogP contribution < -0.4 is 4.90 Å². The van der Waals surface area contributed by atoms with Crippen LogP contribution in [-0.4, -0.2) is 17.6 Å². The third-order valence-electron chi connectivity index (χ3n) is 5.85. The van der Waals surface area contributed by atoms with Gasteiger partial charge >= 0.3 is 5.97 Å². The number of carboxylic acids is 1. The molecule has 0 amide bonds. The summed E-state index contributed by atoms with van der Waals surface area (Å²) in [6.07, 6.45) is 5.48. The monoisotopic (exact) mass is 433 g/mol. The van der Waals surface area contributed by atoms with E-state index in [9.17, 15) is 14.3 Å². The van der Waals surface area contributed by atoms with E-state index >= 15 is 0 Å². The minimum Gasteiger partial charge on any atom is -0.478 e. The van der Waals surface area contributed by atoms with E-state index < -0.39 is 11.8 Å². The summed E-state index contributed by atoms with van der Waals surface area (Å²) in [4.78, 5) is 13.6. The number of benzene rings is 3. The smallest absolute Gasteiger partial charge is 0.338 e. The molecule has 0 aliphatic heterocycles. The van der Waals surface area contributed by atoms with E-state index in [0.717, 1.165) is 43.5 Å². The van der Waals surface area contributed by atoms with Gasteiger partial charge in [0.25, 0.3) is 0 Å². The Kier molecular flexibility index (Phi) is 8.43. The standard InChI is InChI=1S/C28H32FNO2/c1-3-5-6-7-18-30(25-16-17-27(29)26(19-25)28(31)32)20-22-10-14-24(15-11-22)23-12-8-21(4-2)9-13-23/h8-17,19H,3-7,18,20H2,1-2H3,(H,31,32). The normalized spacial score (nSPS) is 10.8. The lowest BCUT2D eigenvalue weighted by Crippen LogP contribution is -2.24. The summed E-state index contributed by atoms with van der Waals surface area (Å²) in [5.74, 6) is -1.95. The van der Waals surface area contributed by atoms with Crippen LogP contribution in [0.2, 0.25) is 0 Å². The Morgan fingerprint density at radius 3 is 2.03 bits per heavy atom. The third-order valence-corrected chi connectivity index (χ3v) is 5.85. The van der Waals surface area contributed by atoms with Crippen molar-refractivity contribution in [2.75, 3.05) is 11.4 Å². The first kappa shape index (κ1) is 23.5. The SMILES string of the molecule is CCCCCCN(Cc1ccc(-c2ccc(CC)cc2)cc1)c1ccc(F)c(C(=O)O)c1. The molecule has 0 radical (unpaired) electrons. The summed E-state index contributed by atoms with van der Waals surface area (Å²) in [6.45, 7) is 5.77. The summed E-state index contributed by atoms with van der Waals surface area (Å²) in [5.41, 5.74) is 5.27. The number of hydrogen-bond donors (Lipinski definition) is 1. The first-order valence-corrected chi connectivity index (χ1v) is 11.5. The highest BCUT2D eigenvalue weighted by molar-refractivity contribution is 5.89. The van der Waals surface area contributed by atoms with Crippen molar-refractivity contribution >= 4 is 11.7 Å². The van der Waals surface area contributed by atoms with Gasteiger partial charge in [0.05, 0.1) is 5.56 Å². The van der Waals surface area contributed by atoms with Crippen molar-refractivity contribution in [2.45, 2.75) is 52.5 Å². The van der Waals surface area contributed by atoms with Crippen molar-refractivity contribution in [3.63, 3.8) is 0 Å². The predicted molar refractivity (Wildman–Crippen MR) is 130 cm³/mol. The van der Waals surface area contributed by atoms with Gasteiger partial charge in [-0.2, -0.15) is 0 Å². The lowest BCUT2D eigenvalue weighted by atomic mass is 10.0. The molecule has 0 aliphatic carbocycles. The van der Waals surface area contributed by atoms with Crippen LogP contribution in [0.5, 0.6) is 0 Å². The van der Waals surface area contributed by atoms with Gasteiger partial charge in [0.2, 0.25) is 0 Å². The average molecular weight is 434 g/mol. The predicted octanol–water partition coefficient (Wildman–Crippen LogP) is 7.34. The molecule has 0 bridgehead atoms. The van der Waals surface area contributed by atoms with Crippen LogP contribution >= 0.6 is 0 Å². The fourth-order valence-electron chi connectivity index (χ4n) is 3.86. The van der Waals surface area contributed by atoms with E-state index in [0.29, 0.717) is 6.54 Å². The highest BCUT2D eigenvalue weighted by Crippen LogP contribution is 2.24. The Hall–Kier alpha value is -3.14. The number of halogens is 1. The first-order valence-electron chi connectivity index (χ1n) is 11.5. The molecule has 0 unspecified atom stereocenters. The zero-order valence-corrected chi connectivity index (χ0v) is 19.0. The molecule has 3 nitrogen and oxygen atoms in total. The summed E-state index contributed by atoms with van der Waals surface area (Å²) < 4.78 is 13.9. The Bertz CT molecular complexity index is 1010. The molecule has 0 aromatic heterocycles. The number of nitrogens with zero attached hydrogens (tertiary/aromatic N) is 1. The molecule has 168 valence electrons. The van der Waals surface area contributed by atoms with Crippen molar-refractivity contribution in [3.05, 3.63) is 89.2 Å². The summed E-state index contributed by atoms with van der Waals surface area (Å²) in [6, 6.07) is 21.5. The maximum Gasteiger partial charge on any atom is 0.338 e. The molecule has 0 heterocycles. The van der Waals surface area contributed by atoms with Gasteiger partial charge in [-0.05, 0) is 53.3 Å². The number of hydrogen-bond acceptors (Lipinski definition) is 2. The van der Waals surface area contributed by atoms with E-state index in [2.05, 4.69) is 67.3 Å². The average Bonchev–Trinajstić information content (AvgIpc) is 2.82. The minimum atomic E-state index is -1.24. The molecular weight excluding hydrogens is 401 g/mol. The number of aromatic carboxylic acids is 1. The number of unbranched alkanes of at least 4 members (excludes halogenated alkanes) is 3. The van der Waals surface area contributed by atoms with Crippen LogP contribution in [0.15, 0.2) is 66.7 Å². The van der Waals surface area contributed by atoms with Crippen molar-refractivity contribution in [3.8, 4) is 11.1 Å². The highest BCUT2D eigenvalue weighted by Gasteiger charge is 2.15. The summed E-state index contributed by atoms with van der Waals surface area (Å²) in [7, 11) is 0. The fourth-order valence-corrected chi connectivity index (χ4v) is 3.86. The Morgan fingerprint density at radius 2 is 1.47 bits per heavy atom. The Balaban J connectivity index is 1.79. The van der Waals surface area contributed by atoms with Gasteiger partial charge in [-0.25, -0.2) is 9.18 Å². The zero-order chi connectivity index (χ0) is 22.9. The van der Waals surface area contributed by atoms with Crippen LogP contribution in [0.25, 0.3) is 11.1 Å². The molecule has 0 spiro atoms. The number of aryl methyl sites for hydroxylation is 1. The molecular formula is C28H32FNO2. The number of carboxylic acid groups (broad SMARTS) is 1. The largest absolute Gasteiger partial charge is 0.478 e. The maximum atomic E-state index is 13.9. The third kappa shape index (κ3) is 6.19. The van der Waals surface area contributed by atoms with Gasteiger partial charge in [0, 0.05) is 18.8 Å². The molecule has 0 saturated carbocycles. The summed E-state index contributed by atoms with van der Waals surface area (Å²) >= 11 is 0. The molecule has 32 heavy (non-hydrogen) atoms. The van der Waals surface area contributed by atoms with Crippen LogP contribution in [0, 0.1) is 5.82 Å². The molecule has 3 aromatic rings. The lowest BCUT2D eigenvalue weighted by molar-refractivity contribution is 0.0692. The van der Waals surface area contributed by atoms with Gasteiger partial charge in [0.1, 0.15) is 5.82 Å². The molecule has 4 heteroatoms. The molecule has 0 fully saturated rings. The van der Waals surface area contributed by atoms with Gasteiger partial charge in [-0.3, -0.25) is 0 Å². The van der Waals surface area contributed by atoms with Crippen LogP contribution in [0.4, 0.5) is 10.1 Å². The highest BCUT2D eigenvalue weighted by atomic mass is 19.1. The second-order valence-corrected chi connectivity index (χ2v) is 8.20. The first-order chi connectivity index (χ1) is 15.5. The van der Waals surface area contributed by atoms with E-state index in [1.807, 2.05) is 0 Å². The topological polar surface area (TPSA) is 40.5 Å². The lowest BCUT2D eigenvalue weighted by Gasteiger charge is -2.26. The quantitative estimate of drug-likeness (QED) is 0.322. The van der Waals surface area contributed by atoms with E-state index in [1.165, 1.54) is 35.2 Å². The van der Waals surface area contributed by atoms with Crippen molar-refractivity contribution in [1.82, 2.24) is 0 Å². The van der Waals surface area contributed by atoms with Gasteiger partial charge in [0.15, 0.2) is 0 Å². The van der Waals surface area contributed by atoms with Crippen molar-refractivity contribution < 1.29 is 14.3 Å². The zero-order valence-electron chi connectivity index (χ0n) is 19.0. The molecule has 0 saturated heterocycles. The van der Waals surface area contributed by atoms with E-state index in [1.54, 1.807) is 6.07 Å². The van der Waals surface area contributed by atoms with Crippen molar-refractivity contribution in [1.29, 1.82) is 0 Å². The van der Waals surface area contributed by atoms with E-state index in [-0.39, 0.29) is 5.56 Å². The maximum absolute atomic E-state index is 13.9. The van der Waals surface area contributed by atoms with Gasteiger partial charge in [-0.15, -0.1) is 0 Å². The Labute approximate surface area is 190 Å². The van der Waals surface area contributed by atoms with Crippen LogP contribution in [-0.2, 0) is 13.0 Å². The molecule has 3 aromatic carbocycles. The fraction of sp³-hybridized carbons (Fsp3) is 0.321. The summed E-state index contributed by atoms with van der Waals surface area (Å²) in [5, 5.41) is 9.32. The Morgan fingerprint density at radius 1 is 0.844 bits per heavy atom. The number of anilines is 1. The second kappa shape index (κ2) is 11.5. The van der Waals surface area contributed by atoms with Crippen LogP contribution in [0.1, 0.15) is 61.0 Å². The van der Waals surface area contributed by atoms with Crippen molar-refractivity contribution in [2.24, 2.45) is 0 Å². The molecule has 3 rings (SSSR count). The molecule has 0 aliphatic rings. The minimum absolute atomic E-state index is 0.285. The van der Waals surface area contributed by atoms with E-state index in [4.69, 9.17) is 0 Å². The van der Waals surface area contributed by atoms with Crippen LogP contribution in [0.3, 0.4) is 0 Å². The molecule has 1 N–H and O–H groups in total. The number of rotatable bonds is 11. The van der Waals surface area contributed by atoms with Gasteiger partial charge in [-0.1, -0.05) is 81.6 Å². The number of carbonyl (C=O) groups is 1. The van der Waals surface area contributed by atoms with Gasteiger partial charge < -0.3 is 10.0 Å². The molecule has 0 atom stereocenters. The second-order valence-electron chi connectivity index (χ2n) is 8.20.